The number of amides is 1. The molecular weight excluding hydrogens is 334 g/mol. The summed E-state index contributed by atoms with van der Waals surface area (Å²) in [5, 5.41) is 0. The van der Waals surface area contributed by atoms with Crippen LogP contribution in [0, 0.1) is 0 Å². The van der Waals surface area contributed by atoms with Crippen LogP contribution in [0.4, 0.5) is 5.82 Å². The molecular formula is C14H21N5O4S. The molecule has 2 aliphatic heterocycles. The number of nitrogens with zero attached hydrogens (tertiary/aromatic N) is 4. The summed E-state index contributed by atoms with van der Waals surface area (Å²) in [5.41, 5.74) is 1.89. The molecule has 1 aromatic heterocycles. The summed E-state index contributed by atoms with van der Waals surface area (Å²) in [6.45, 7) is 3.63. The maximum Gasteiger partial charge on any atom is 0.237 e. The van der Waals surface area contributed by atoms with Crippen LogP contribution in [-0.2, 0) is 32.5 Å². The summed E-state index contributed by atoms with van der Waals surface area (Å²) in [6, 6.07) is 0. The van der Waals surface area contributed by atoms with Crippen LogP contribution in [0.2, 0.25) is 0 Å². The number of ether oxygens (including phenoxy) is 1. The number of hydrogen-bond acceptors (Lipinski definition) is 7. The SMILES string of the molecule is CS(=O)(=O)NCC(=O)N1CCc2c(ncnc2N2CCOCC2)C1. The minimum Gasteiger partial charge on any atom is -0.378 e. The van der Waals surface area contributed by atoms with Gasteiger partial charge in [-0.3, -0.25) is 4.79 Å². The molecule has 1 fully saturated rings. The number of morpholine rings is 1. The second-order valence-electron chi connectivity index (χ2n) is 5.88. The standard InChI is InChI=1S/C14H21N5O4S/c1-24(21,22)17-8-13(20)19-3-2-11-12(9-19)15-10-16-14(11)18-4-6-23-7-5-18/h10,17H,2-9H2,1H3. The summed E-state index contributed by atoms with van der Waals surface area (Å²) < 4.78 is 29.8. The molecule has 0 spiro atoms. The van der Waals surface area contributed by atoms with Gasteiger partial charge in [0.05, 0.1) is 38.3 Å². The maximum atomic E-state index is 12.2. The first kappa shape index (κ1) is 17.1. The lowest BCUT2D eigenvalue weighted by Crippen LogP contribution is -2.43. The molecule has 1 aromatic rings. The van der Waals surface area contributed by atoms with Crippen molar-refractivity contribution in [3.63, 3.8) is 0 Å². The van der Waals surface area contributed by atoms with Gasteiger partial charge in [0.1, 0.15) is 12.1 Å². The van der Waals surface area contributed by atoms with Gasteiger partial charge in [0.2, 0.25) is 15.9 Å². The molecule has 1 N–H and O–H groups in total. The molecule has 9 nitrogen and oxygen atoms in total. The van der Waals surface area contributed by atoms with Gasteiger partial charge in [-0.05, 0) is 6.42 Å². The number of fused-ring (bicyclic) bond motifs is 1. The minimum atomic E-state index is -3.38. The fraction of sp³-hybridized carbons (Fsp3) is 0.643. The molecule has 10 heteroatoms. The zero-order valence-electron chi connectivity index (χ0n) is 13.6. The van der Waals surface area contributed by atoms with Crippen LogP contribution in [0.15, 0.2) is 6.33 Å². The average Bonchev–Trinajstić information content (AvgIpc) is 2.58. The van der Waals surface area contributed by atoms with E-state index in [1.807, 2.05) is 0 Å². The minimum absolute atomic E-state index is 0.227. The van der Waals surface area contributed by atoms with E-state index in [-0.39, 0.29) is 12.5 Å². The molecule has 132 valence electrons. The average molecular weight is 355 g/mol. The molecule has 0 aromatic carbocycles. The van der Waals surface area contributed by atoms with E-state index >= 15 is 0 Å². The van der Waals surface area contributed by atoms with E-state index in [2.05, 4.69) is 19.6 Å². The normalized spacial score (nSPS) is 18.4. The Morgan fingerprint density at radius 2 is 2.04 bits per heavy atom. The van der Waals surface area contributed by atoms with Gasteiger partial charge in [0.25, 0.3) is 0 Å². The van der Waals surface area contributed by atoms with Crippen molar-refractivity contribution < 1.29 is 17.9 Å². The van der Waals surface area contributed by atoms with Gasteiger partial charge in [-0.2, -0.15) is 0 Å². The van der Waals surface area contributed by atoms with Gasteiger partial charge >= 0.3 is 0 Å². The van der Waals surface area contributed by atoms with E-state index in [4.69, 9.17) is 4.74 Å². The van der Waals surface area contributed by atoms with Crippen molar-refractivity contribution in [2.45, 2.75) is 13.0 Å². The van der Waals surface area contributed by atoms with Gasteiger partial charge in [-0.25, -0.2) is 23.1 Å². The second-order valence-corrected chi connectivity index (χ2v) is 7.71. The molecule has 2 aliphatic rings. The lowest BCUT2D eigenvalue weighted by molar-refractivity contribution is -0.130. The summed E-state index contributed by atoms with van der Waals surface area (Å²) in [7, 11) is -3.38. The third kappa shape index (κ3) is 4.00. The first-order chi connectivity index (χ1) is 11.4. The van der Waals surface area contributed by atoms with Gasteiger partial charge in [-0.15, -0.1) is 0 Å². The Bertz CT molecular complexity index is 718. The smallest absolute Gasteiger partial charge is 0.237 e. The predicted octanol–water partition coefficient (Wildman–Crippen LogP) is -1.25. The molecule has 24 heavy (non-hydrogen) atoms. The number of anilines is 1. The molecule has 0 atom stereocenters. The quantitative estimate of drug-likeness (QED) is 0.719. The van der Waals surface area contributed by atoms with Gasteiger partial charge < -0.3 is 14.5 Å². The van der Waals surface area contributed by atoms with Gasteiger partial charge in [-0.1, -0.05) is 0 Å². The zero-order valence-corrected chi connectivity index (χ0v) is 14.4. The summed E-state index contributed by atoms with van der Waals surface area (Å²) >= 11 is 0. The van der Waals surface area contributed by atoms with Gasteiger partial charge in [0, 0.05) is 25.2 Å². The van der Waals surface area contributed by atoms with E-state index in [0.29, 0.717) is 32.7 Å². The Balaban J connectivity index is 1.71. The van der Waals surface area contributed by atoms with Crippen molar-refractivity contribution in [3.05, 3.63) is 17.6 Å². The number of sulfonamides is 1. The van der Waals surface area contributed by atoms with Crippen molar-refractivity contribution in [1.82, 2.24) is 19.6 Å². The number of nitrogens with one attached hydrogen (secondary N) is 1. The Morgan fingerprint density at radius 3 is 2.75 bits per heavy atom. The van der Waals surface area contributed by atoms with Crippen LogP contribution in [0.1, 0.15) is 11.3 Å². The van der Waals surface area contributed by atoms with Crippen LogP contribution in [0.25, 0.3) is 0 Å². The molecule has 0 bridgehead atoms. The number of carbonyl (C=O) groups excluding carboxylic acids is 1. The van der Waals surface area contributed by atoms with Crippen LogP contribution in [0.3, 0.4) is 0 Å². The Kier molecular flexibility index (Phi) is 4.97. The summed E-state index contributed by atoms with van der Waals surface area (Å²) in [4.78, 5) is 24.7. The maximum absolute atomic E-state index is 12.2. The Morgan fingerprint density at radius 1 is 1.29 bits per heavy atom. The molecule has 1 saturated heterocycles. The van der Waals surface area contributed by atoms with Crippen molar-refractivity contribution in [1.29, 1.82) is 0 Å². The fourth-order valence-corrected chi connectivity index (χ4v) is 3.29. The Hall–Kier alpha value is -1.78. The number of hydrogen-bond donors (Lipinski definition) is 1. The highest BCUT2D eigenvalue weighted by molar-refractivity contribution is 7.88. The summed E-state index contributed by atoms with van der Waals surface area (Å²) in [6.07, 6.45) is 3.22. The van der Waals surface area contributed by atoms with Crippen LogP contribution in [-0.4, -0.2) is 74.8 Å². The molecule has 3 rings (SSSR count). The third-order valence-electron chi connectivity index (χ3n) is 4.13. The number of rotatable bonds is 4. The highest BCUT2D eigenvalue weighted by atomic mass is 32.2. The third-order valence-corrected chi connectivity index (χ3v) is 4.80. The van der Waals surface area contributed by atoms with E-state index in [9.17, 15) is 13.2 Å². The molecule has 0 aliphatic carbocycles. The lowest BCUT2D eigenvalue weighted by Gasteiger charge is -2.33. The lowest BCUT2D eigenvalue weighted by atomic mass is 10.0. The van der Waals surface area contributed by atoms with Crippen molar-refractivity contribution in [3.8, 4) is 0 Å². The van der Waals surface area contributed by atoms with Crippen molar-refractivity contribution in [2.24, 2.45) is 0 Å². The summed E-state index contributed by atoms with van der Waals surface area (Å²) in [5.74, 6) is 0.669. The number of aromatic nitrogens is 2. The molecule has 1 amide bonds. The monoisotopic (exact) mass is 355 g/mol. The largest absolute Gasteiger partial charge is 0.378 e. The van der Waals surface area contributed by atoms with Crippen molar-refractivity contribution >= 4 is 21.7 Å². The highest BCUT2D eigenvalue weighted by Gasteiger charge is 2.26. The molecule has 0 unspecified atom stereocenters. The van der Waals surface area contributed by atoms with E-state index < -0.39 is 10.0 Å². The second kappa shape index (κ2) is 6.99. The van der Waals surface area contributed by atoms with E-state index in [0.717, 1.165) is 36.4 Å². The van der Waals surface area contributed by atoms with E-state index in [1.165, 1.54) is 6.33 Å². The predicted molar refractivity (Wildman–Crippen MR) is 87.0 cm³/mol. The Labute approximate surface area is 141 Å². The van der Waals surface area contributed by atoms with Crippen molar-refractivity contribution in [2.75, 3.05) is 50.5 Å². The van der Waals surface area contributed by atoms with Crippen LogP contribution < -0.4 is 9.62 Å². The van der Waals surface area contributed by atoms with Crippen LogP contribution in [0.5, 0.6) is 0 Å². The number of carbonyl (C=O) groups is 1. The molecule has 0 radical (unpaired) electrons. The van der Waals surface area contributed by atoms with Crippen LogP contribution >= 0.6 is 0 Å². The van der Waals surface area contributed by atoms with Gasteiger partial charge in [0.15, 0.2) is 0 Å². The molecule has 3 heterocycles. The van der Waals surface area contributed by atoms with E-state index in [1.54, 1.807) is 4.90 Å². The fourth-order valence-electron chi connectivity index (χ4n) is 2.90. The first-order valence-electron chi connectivity index (χ1n) is 7.82. The molecule has 0 saturated carbocycles. The first-order valence-corrected chi connectivity index (χ1v) is 9.71. The zero-order chi connectivity index (χ0) is 17.2. The topological polar surface area (TPSA) is 105 Å². The highest BCUT2D eigenvalue weighted by Crippen LogP contribution is 2.26.